The number of carbonyl (C=O) groups excluding carboxylic acids is 1. The maximum absolute atomic E-state index is 11.2. The molecule has 0 aliphatic rings. The van der Waals surface area contributed by atoms with Crippen LogP contribution in [0.5, 0.6) is 0 Å². The normalized spacial score (nSPS) is 13.2. The van der Waals surface area contributed by atoms with Crippen molar-refractivity contribution in [2.45, 2.75) is 45.3 Å². The van der Waals surface area contributed by atoms with Gasteiger partial charge in [0.1, 0.15) is 0 Å². The second-order valence-electron chi connectivity index (χ2n) is 3.65. The molecular weight excluding hydrogens is 166 g/mol. The Balaban J connectivity index is 3.98. The minimum absolute atomic E-state index is 0.121. The Bertz CT molecular complexity index is 213. The zero-order valence-corrected chi connectivity index (χ0v) is 8.42. The predicted molar refractivity (Wildman–Crippen MR) is 52.0 cm³/mol. The van der Waals surface area contributed by atoms with Gasteiger partial charge in [0.25, 0.3) is 0 Å². The molecule has 1 amide bonds. The largest absolute Gasteiger partial charge is 0.391 e. The Hall–Kier alpha value is -1.01. The molecule has 0 aliphatic carbocycles. The van der Waals surface area contributed by atoms with Crippen LogP contribution in [0.2, 0.25) is 0 Å². The molecule has 0 heterocycles. The molecule has 0 aromatic carbocycles. The number of hydrogen-bond donors (Lipinski definition) is 2. The van der Waals surface area contributed by atoms with Crippen LogP contribution < -0.4 is 5.32 Å². The second-order valence-corrected chi connectivity index (χ2v) is 3.65. The minimum Gasteiger partial charge on any atom is -0.391 e. The molecule has 0 spiro atoms. The predicted octanol–water partition coefficient (Wildman–Crippen LogP) is 0.675. The van der Waals surface area contributed by atoms with Crippen molar-refractivity contribution in [2.24, 2.45) is 0 Å². The van der Waals surface area contributed by atoms with Crippen LogP contribution in [-0.2, 0) is 4.79 Å². The molecule has 0 bridgehead atoms. The zero-order chi connectivity index (χ0) is 10.5. The van der Waals surface area contributed by atoms with Gasteiger partial charge in [-0.3, -0.25) is 4.79 Å². The van der Waals surface area contributed by atoms with Crippen LogP contribution in [0.3, 0.4) is 0 Å². The van der Waals surface area contributed by atoms with Gasteiger partial charge in [-0.25, -0.2) is 0 Å². The lowest BCUT2D eigenvalue weighted by atomic mass is 9.98. The lowest BCUT2D eigenvalue weighted by molar-refractivity contribution is -0.123. The number of hydrogen-bond acceptors (Lipinski definition) is 2. The number of nitrogens with one attached hydrogen (secondary N) is 1. The summed E-state index contributed by atoms with van der Waals surface area (Å²) in [4.78, 5) is 11.2. The number of aliphatic hydroxyl groups excluding tert-OH is 1. The van der Waals surface area contributed by atoms with Crippen LogP contribution in [0.25, 0.3) is 0 Å². The fourth-order valence-corrected chi connectivity index (χ4v) is 0.712. The van der Waals surface area contributed by atoms with Crippen molar-refractivity contribution < 1.29 is 9.90 Å². The van der Waals surface area contributed by atoms with E-state index in [9.17, 15) is 9.90 Å². The van der Waals surface area contributed by atoms with E-state index in [0.717, 1.165) is 0 Å². The van der Waals surface area contributed by atoms with Crippen molar-refractivity contribution in [3.05, 3.63) is 0 Å². The first-order valence-corrected chi connectivity index (χ1v) is 4.32. The fraction of sp³-hybridized carbons (Fsp3) is 0.700. The average molecular weight is 183 g/mol. The van der Waals surface area contributed by atoms with Crippen LogP contribution in [-0.4, -0.2) is 22.7 Å². The zero-order valence-electron chi connectivity index (χ0n) is 8.42. The molecule has 3 nitrogen and oxygen atoms in total. The first-order valence-electron chi connectivity index (χ1n) is 4.32. The number of aliphatic hydroxyl groups is 1. The summed E-state index contributed by atoms with van der Waals surface area (Å²) in [6.07, 6.45) is 5.18. The summed E-state index contributed by atoms with van der Waals surface area (Å²) in [6.45, 7) is 5.18. The van der Waals surface area contributed by atoms with Gasteiger partial charge in [0.15, 0.2) is 0 Å². The van der Waals surface area contributed by atoms with E-state index >= 15 is 0 Å². The molecule has 0 saturated heterocycles. The van der Waals surface area contributed by atoms with Crippen LogP contribution in [0.4, 0.5) is 0 Å². The van der Waals surface area contributed by atoms with Gasteiger partial charge in [-0.15, -0.1) is 12.3 Å². The Kier molecular flexibility index (Phi) is 4.50. The van der Waals surface area contributed by atoms with Crippen molar-refractivity contribution in [2.75, 3.05) is 0 Å². The minimum atomic E-state index is -0.592. The van der Waals surface area contributed by atoms with Crippen LogP contribution in [0.15, 0.2) is 0 Å². The van der Waals surface area contributed by atoms with Crippen LogP contribution >= 0.6 is 0 Å². The van der Waals surface area contributed by atoms with Gasteiger partial charge in [-0.05, 0) is 20.8 Å². The molecule has 74 valence electrons. The van der Waals surface area contributed by atoms with Crippen LogP contribution in [0, 0.1) is 12.3 Å². The molecule has 0 radical (unpaired) electrons. The molecule has 2 N–H and O–H groups in total. The number of terminal acetylenes is 1. The van der Waals surface area contributed by atoms with Crippen LogP contribution in [0.1, 0.15) is 33.6 Å². The van der Waals surface area contributed by atoms with Crippen molar-refractivity contribution in [3.8, 4) is 12.3 Å². The molecule has 1 unspecified atom stereocenters. The molecular formula is C10H17NO2. The van der Waals surface area contributed by atoms with Gasteiger partial charge in [-0.1, -0.05) is 0 Å². The van der Waals surface area contributed by atoms with Crippen molar-refractivity contribution >= 4 is 5.91 Å². The third-order valence-corrected chi connectivity index (χ3v) is 2.00. The summed E-state index contributed by atoms with van der Waals surface area (Å²) in [6, 6.07) is 0. The Morgan fingerprint density at radius 2 is 2.23 bits per heavy atom. The van der Waals surface area contributed by atoms with Gasteiger partial charge < -0.3 is 10.4 Å². The summed E-state index contributed by atoms with van der Waals surface area (Å²) < 4.78 is 0. The molecule has 0 aromatic heterocycles. The Morgan fingerprint density at radius 3 is 2.62 bits per heavy atom. The highest BCUT2D eigenvalue weighted by Gasteiger charge is 2.25. The molecule has 1 atom stereocenters. The summed E-state index contributed by atoms with van der Waals surface area (Å²) in [7, 11) is 0. The van der Waals surface area contributed by atoms with E-state index in [4.69, 9.17) is 6.42 Å². The highest BCUT2D eigenvalue weighted by Crippen LogP contribution is 2.08. The quantitative estimate of drug-likeness (QED) is 0.629. The van der Waals surface area contributed by atoms with E-state index in [1.165, 1.54) is 0 Å². The van der Waals surface area contributed by atoms with Crippen molar-refractivity contribution in [1.29, 1.82) is 0 Å². The van der Waals surface area contributed by atoms with E-state index in [1.807, 2.05) is 0 Å². The maximum Gasteiger partial charge on any atom is 0.221 e. The SMILES string of the molecule is C#CCCC(=O)NC(C)(C)C(C)O. The average Bonchev–Trinajstić information content (AvgIpc) is 1.99. The monoisotopic (exact) mass is 183 g/mol. The molecule has 0 fully saturated rings. The Labute approximate surface area is 79.5 Å². The second kappa shape index (κ2) is 4.88. The molecule has 0 rings (SSSR count). The third kappa shape index (κ3) is 4.54. The van der Waals surface area contributed by atoms with Crippen molar-refractivity contribution in [1.82, 2.24) is 5.32 Å². The van der Waals surface area contributed by atoms with Gasteiger partial charge in [0.05, 0.1) is 11.6 Å². The smallest absolute Gasteiger partial charge is 0.221 e. The molecule has 13 heavy (non-hydrogen) atoms. The van der Waals surface area contributed by atoms with E-state index < -0.39 is 11.6 Å². The summed E-state index contributed by atoms with van der Waals surface area (Å²) in [5.74, 6) is 2.27. The highest BCUT2D eigenvalue weighted by molar-refractivity contribution is 5.77. The fourth-order valence-electron chi connectivity index (χ4n) is 0.712. The van der Waals surface area contributed by atoms with Gasteiger partial charge in [0.2, 0.25) is 5.91 Å². The lowest BCUT2D eigenvalue weighted by Crippen LogP contribution is -2.50. The Morgan fingerprint density at radius 1 is 1.69 bits per heavy atom. The van der Waals surface area contributed by atoms with E-state index in [0.29, 0.717) is 12.8 Å². The number of carbonyl (C=O) groups is 1. The first-order chi connectivity index (χ1) is 5.90. The topological polar surface area (TPSA) is 49.3 Å². The first kappa shape index (κ1) is 12.0. The van der Waals surface area contributed by atoms with Gasteiger partial charge in [0, 0.05) is 12.8 Å². The van der Waals surface area contributed by atoms with Gasteiger partial charge in [-0.2, -0.15) is 0 Å². The lowest BCUT2D eigenvalue weighted by Gasteiger charge is -2.29. The summed E-state index contributed by atoms with van der Waals surface area (Å²) in [5, 5.41) is 12.0. The molecule has 0 saturated carbocycles. The molecule has 0 aliphatic heterocycles. The van der Waals surface area contributed by atoms with Crippen molar-refractivity contribution in [3.63, 3.8) is 0 Å². The maximum atomic E-state index is 11.2. The number of rotatable bonds is 4. The van der Waals surface area contributed by atoms with E-state index in [-0.39, 0.29) is 5.91 Å². The summed E-state index contributed by atoms with van der Waals surface area (Å²) in [5.41, 5.74) is -0.592. The summed E-state index contributed by atoms with van der Waals surface area (Å²) >= 11 is 0. The highest BCUT2D eigenvalue weighted by atomic mass is 16.3. The van der Waals surface area contributed by atoms with E-state index in [1.54, 1.807) is 20.8 Å². The number of amides is 1. The van der Waals surface area contributed by atoms with E-state index in [2.05, 4.69) is 11.2 Å². The molecule has 3 heteroatoms. The standard InChI is InChI=1S/C10H17NO2/c1-5-6-7-9(13)11-10(3,4)8(2)12/h1,8,12H,6-7H2,2-4H3,(H,11,13). The molecule has 0 aromatic rings. The van der Waals surface area contributed by atoms with Gasteiger partial charge >= 0.3 is 0 Å². The third-order valence-electron chi connectivity index (χ3n) is 2.00.